The Balaban J connectivity index is 1.78. The van der Waals surface area contributed by atoms with Gasteiger partial charge in [0.1, 0.15) is 0 Å². The number of nitrogens with zero attached hydrogens (tertiary/aromatic N) is 2. The highest BCUT2D eigenvalue weighted by atomic mass is 79.9. The summed E-state index contributed by atoms with van der Waals surface area (Å²) in [5.41, 5.74) is 3.17. The minimum absolute atomic E-state index is 0.0707. The second-order valence-electron chi connectivity index (χ2n) is 6.02. The van der Waals surface area contributed by atoms with Gasteiger partial charge in [-0.25, -0.2) is 13.8 Å². The van der Waals surface area contributed by atoms with Crippen LogP contribution in [0.4, 0.5) is 0 Å². The van der Waals surface area contributed by atoms with Crippen LogP contribution in [0.15, 0.2) is 86.6 Å². The van der Waals surface area contributed by atoms with Gasteiger partial charge in [0.05, 0.1) is 17.7 Å². The van der Waals surface area contributed by atoms with Gasteiger partial charge in [0.25, 0.3) is 5.91 Å². The molecular formula is C20H18BrN3O3S2. The second-order valence-corrected chi connectivity index (χ2v) is 9.85. The maximum Gasteiger partial charge on any atom is 0.255 e. The fourth-order valence-electron chi connectivity index (χ4n) is 2.50. The molecule has 0 fully saturated rings. The standard InChI is InChI=1S/C20H18BrN3O3S2/c21-17-8-10-19(11-9-17)29(26,27)24(14-16-5-2-1-3-6-16)15-20(25)23-22-13-18-7-4-12-28-18/h1-13H,14-15H2,(H,23,25)/b22-13-. The van der Waals surface area contributed by atoms with Crippen LogP contribution in [0.3, 0.4) is 0 Å². The Morgan fingerprint density at radius 2 is 1.79 bits per heavy atom. The molecule has 0 saturated carbocycles. The van der Waals surface area contributed by atoms with Gasteiger partial charge in [0.2, 0.25) is 10.0 Å². The van der Waals surface area contributed by atoms with E-state index in [4.69, 9.17) is 0 Å². The number of carbonyl (C=O) groups excluding carboxylic acids is 1. The molecule has 0 unspecified atom stereocenters. The molecule has 1 amide bonds. The summed E-state index contributed by atoms with van der Waals surface area (Å²) in [6.45, 7) is -0.281. The molecule has 0 saturated heterocycles. The van der Waals surface area contributed by atoms with Crippen molar-refractivity contribution in [2.24, 2.45) is 5.10 Å². The quantitative estimate of drug-likeness (QED) is 0.383. The lowest BCUT2D eigenvalue weighted by Crippen LogP contribution is -2.39. The summed E-state index contributed by atoms with van der Waals surface area (Å²) >= 11 is 4.78. The monoisotopic (exact) mass is 491 g/mol. The molecule has 1 aromatic heterocycles. The summed E-state index contributed by atoms with van der Waals surface area (Å²) in [5, 5.41) is 5.80. The number of sulfonamides is 1. The number of nitrogens with one attached hydrogen (secondary N) is 1. The van der Waals surface area contributed by atoms with Gasteiger partial charge >= 0.3 is 0 Å². The molecule has 9 heteroatoms. The molecule has 0 spiro atoms. The number of hydrogen-bond donors (Lipinski definition) is 1. The van der Waals surface area contributed by atoms with E-state index in [1.54, 1.807) is 12.1 Å². The second kappa shape index (κ2) is 9.93. The molecule has 0 atom stereocenters. The summed E-state index contributed by atoms with van der Waals surface area (Å²) in [4.78, 5) is 13.4. The van der Waals surface area contributed by atoms with Gasteiger partial charge in [-0.2, -0.15) is 9.41 Å². The summed E-state index contributed by atoms with van der Waals surface area (Å²) in [6.07, 6.45) is 1.52. The van der Waals surface area contributed by atoms with Crippen LogP contribution in [0.25, 0.3) is 0 Å². The molecule has 150 valence electrons. The normalized spacial score (nSPS) is 11.8. The average molecular weight is 492 g/mol. The van der Waals surface area contributed by atoms with Crippen molar-refractivity contribution in [3.05, 3.63) is 87.0 Å². The van der Waals surface area contributed by atoms with Gasteiger partial charge in [-0.05, 0) is 41.3 Å². The van der Waals surface area contributed by atoms with Crippen molar-refractivity contribution in [1.82, 2.24) is 9.73 Å². The lowest BCUT2D eigenvalue weighted by molar-refractivity contribution is -0.121. The molecule has 0 aliphatic heterocycles. The highest BCUT2D eigenvalue weighted by molar-refractivity contribution is 9.10. The molecule has 3 rings (SSSR count). The first-order chi connectivity index (χ1) is 13.9. The third-order valence-corrected chi connectivity index (χ3v) is 7.04. The van der Waals surface area contributed by atoms with E-state index in [1.807, 2.05) is 47.8 Å². The Labute approximate surface area is 182 Å². The van der Waals surface area contributed by atoms with E-state index in [1.165, 1.54) is 29.7 Å². The van der Waals surface area contributed by atoms with Gasteiger partial charge < -0.3 is 0 Å². The van der Waals surface area contributed by atoms with E-state index in [9.17, 15) is 13.2 Å². The van der Waals surface area contributed by atoms with Crippen LogP contribution in [0.2, 0.25) is 0 Å². The van der Waals surface area contributed by atoms with E-state index in [-0.39, 0.29) is 18.0 Å². The third-order valence-electron chi connectivity index (χ3n) is 3.90. The average Bonchev–Trinajstić information content (AvgIpc) is 3.22. The maximum atomic E-state index is 13.1. The molecule has 29 heavy (non-hydrogen) atoms. The van der Waals surface area contributed by atoms with Crippen molar-refractivity contribution in [2.45, 2.75) is 11.4 Å². The van der Waals surface area contributed by atoms with Crippen LogP contribution in [0, 0.1) is 0 Å². The van der Waals surface area contributed by atoms with Crippen LogP contribution in [-0.4, -0.2) is 31.4 Å². The zero-order chi connectivity index (χ0) is 20.7. The SMILES string of the molecule is O=C(CN(Cc1ccccc1)S(=O)(=O)c1ccc(Br)cc1)N/N=C\c1cccs1. The first-order valence-electron chi connectivity index (χ1n) is 8.60. The van der Waals surface area contributed by atoms with Crippen molar-refractivity contribution >= 4 is 49.4 Å². The predicted octanol–water partition coefficient (Wildman–Crippen LogP) is 3.85. The Kier molecular flexibility index (Phi) is 7.32. The van der Waals surface area contributed by atoms with Crippen LogP contribution >= 0.6 is 27.3 Å². The summed E-state index contributed by atoms with van der Waals surface area (Å²) in [5.74, 6) is -0.519. The van der Waals surface area contributed by atoms with Crippen molar-refractivity contribution in [3.8, 4) is 0 Å². The van der Waals surface area contributed by atoms with E-state index in [0.717, 1.165) is 19.2 Å². The van der Waals surface area contributed by atoms with Crippen LogP contribution in [0.5, 0.6) is 0 Å². The van der Waals surface area contributed by atoms with Gasteiger partial charge in [-0.15, -0.1) is 11.3 Å². The third kappa shape index (κ3) is 6.07. The predicted molar refractivity (Wildman–Crippen MR) is 118 cm³/mol. The van der Waals surface area contributed by atoms with E-state index in [2.05, 4.69) is 26.5 Å². The largest absolute Gasteiger partial charge is 0.272 e. The molecule has 0 radical (unpaired) electrons. The number of amides is 1. The molecule has 2 aromatic carbocycles. The number of rotatable bonds is 8. The Bertz CT molecular complexity index is 1070. The maximum absolute atomic E-state index is 13.1. The van der Waals surface area contributed by atoms with Crippen molar-refractivity contribution in [1.29, 1.82) is 0 Å². The van der Waals surface area contributed by atoms with Crippen molar-refractivity contribution < 1.29 is 13.2 Å². The molecule has 1 N–H and O–H groups in total. The fraction of sp³-hybridized carbons (Fsp3) is 0.100. The van der Waals surface area contributed by atoms with E-state index in [0.29, 0.717) is 0 Å². The van der Waals surface area contributed by atoms with Crippen molar-refractivity contribution in [2.75, 3.05) is 6.54 Å². The number of thiophene rings is 1. The summed E-state index contributed by atoms with van der Waals surface area (Å²) in [6, 6.07) is 19.2. The first-order valence-corrected chi connectivity index (χ1v) is 11.7. The number of halogens is 1. The van der Waals surface area contributed by atoms with Crippen molar-refractivity contribution in [3.63, 3.8) is 0 Å². The van der Waals surface area contributed by atoms with Gasteiger partial charge in [0, 0.05) is 15.9 Å². The molecule has 0 bridgehead atoms. The zero-order valence-corrected chi connectivity index (χ0v) is 18.5. The van der Waals surface area contributed by atoms with E-state index >= 15 is 0 Å². The van der Waals surface area contributed by atoms with Gasteiger partial charge in [0.15, 0.2) is 0 Å². The molecule has 0 aliphatic carbocycles. The van der Waals surface area contributed by atoms with Crippen LogP contribution in [-0.2, 0) is 21.4 Å². The number of hydrazone groups is 1. The highest BCUT2D eigenvalue weighted by Crippen LogP contribution is 2.20. The minimum atomic E-state index is -3.88. The zero-order valence-electron chi connectivity index (χ0n) is 15.2. The Morgan fingerprint density at radius 3 is 2.45 bits per heavy atom. The molecule has 1 heterocycles. The molecule has 6 nitrogen and oxygen atoms in total. The highest BCUT2D eigenvalue weighted by Gasteiger charge is 2.26. The lowest BCUT2D eigenvalue weighted by atomic mass is 10.2. The minimum Gasteiger partial charge on any atom is -0.272 e. The number of benzene rings is 2. The summed E-state index contributed by atoms with van der Waals surface area (Å²) in [7, 11) is -3.88. The number of hydrogen-bond acceptors (Lipinski definition) is 5. The lowest BCUT2D eigenvalue weighted by Gasteiger charge is -2.21. The first kappa shape index (κ1) is 21.4. The van der Waals surface area contributed by atoms with Crippen LogP contribution in [0.1, 0.15) is 10.4 Å². The van der Waals surface area contributed by atoms with Gasteiger partial charge in [-0.3, -0.25) is 4.79 Å². The topological polar surface area (TPSA) is 78.8 Å². The Hall–Kier alpha value is -2.33. The molecule has 0 aliphatic rings. The molecular weight excluding hydrogens is 474 g/mol. The van der Waals surface area contributed by atoms with Crippen LogP contribution < -0.4 is 5.43 Å². The van der Waals surface area contributed by atoms with E-state index < -0.39 is 15.9 Å². The van der Waals surface area contributed by atoms with Gasteiger partial charge in [-0.1, -0.05) is 52.3 Å². The fourth-order valence-corrected chi connectivity index (χ4v) is 4.73. The summed E-state index contributed by atoms with van der Waals surface area (Å²) < 4.78 is 28.2. The number of carbonyl (C=O) groups is 1. The Morgan fingerprint density at radius 1 is 1.07 bits per heavy atom. The smallest absolute Gasteiger partial charge is 0.255 e. The molecule has 3 aromatic rings.